The summed E-state index contributed by atoms with van der Waals surface area (Å²) in [6.45, 7) is 0. The van der Waals surface area contributed by atoms with Crippen LogP contribution in [0.25, 0.3) is 53.8 Å². The summed E-state index contributed by atoms with van der Waals surface area (Å²) in [5, 5.41) is 2.44. The van der Waals surface area contributed by atoms with Crippen molar-refractivity contribution < 1.29 is 24.5 Å². The third kappa shape index (κ3) is 6.86. The van der Waals surface area contributed by atoms with E-state index in [2.05, 4.69) is 101 Å². The van der Waals surface area contributed by atoms with E-state index in [0.717, 1.165) is 27.2 Å². The number of pyridine rings is 2. The minimum Gasteiger partial charge on any atom is 0 e. The molecule has 0 aliphatic carbocycles. The first-order chi connectivity index (χ1) is 20.4. The van der Waals surface area contributed by atoms with Gasteiger partial charge in [-0.15, -0.1) is 23.8 Å². The Morgan fingerprint density at radius 3 is 2.16 bits per heavy atom. The van der Waals surface area contributed by atoms with Crippen molar-refractivity contribution in [2.45, 2.75) is 17.3 Å². The molecule has 7 aromatic rings. The van der Waals surface area contributed by atoms with Crippen molar-refractivity contribution in [1.29, 1.82) is 0 Å². The first kappa shape index (κ1) is 31.0. The minimum absolute atomic E-state index is 0. The van der Waals surface area contributed by atoms with Crippen LogP contribution in [0.3, 0.4) is 0 Å². The zero-order valence-corrected chi connectivity index (χ0v) is 29.4. The van der Waals surface area contributed by atoms with E-state index >= 15 is 0 Å². The van der Waals surface area contributed by atoms with Crippen LogP contribution in [-0.2, 0) is 20.1 Å². The summed E-state index contributed by atoms with van der Waals surface area (Å²) in [7, 11) is 0. The van der Waals surface area contributed by atoms with Gasteiger partial charge in [0.2, 0.25) is 0 Å². The average Bonchev–Trinajstić information content (AvgIpc) is 3.41. The van der Waals surface area contributed by atoms with Gasteiger partial charge in [-0.1, -0.05) is 29.7 Å². The maximum absolute atomic E-state index is 13.0. The van der Waals surface area contributed by atoms with Crippen molar-refractivity contribution in [1.82, 2.24) is 9.97 Å². The van der Waals surface area contributed by atoms with Crippen molar-refractivity contribution in [2.24, 2.45) is 0 Å². The second-order valence-electron chi connectivity index (χ2n) is 11.1. The molecule has 0 N–H and O–H groups in total. The molecule has 3 aromatic heterocycles. The van der Waals surface area contributed by atoms with E-state index in [1.165, 1.54) is 43.3 Å². The molecule has 3 heterocycles. The van der Waals surface area contributed by atoms with Gasteiger partial charge >= 0.3 is 135 Å². The minimum atomic E-state index is -1.99. The largest absolute Gasteiger partial charge is 0 e. The molecular weight excluding hydrogens is 788 g/mol. The molecule has 0 atom stereocenters. The summed E-state index contributed by atoms with van der Waals surface area (Å²) < 4.78 is 16.9. The molecule has 0 amide bonds. The van der Waals surface area contributed by atoms with Gasteiger partial charge < -0.3 is 4.98 Å². The first-order valence-electron chi connectivity index (χ1n) is 13.9. The quantitative estimate of drug-likeness (QED) is 0.131. The number of hydrogen-bond acceptors (Lipinski definition) is 3. The molecular formula is C37H29FGeIrN2S-2. The predicted octanol–water partition coefficient (Wildman–Crippen LogP) is 9.81. The zero-order chi connectivity index (χ0) is 29.1. The Kier molecular flexibility index (Phi) is 9.68. The molecule has 0 saturated heterocycles. The Hall–Kier alpha value is -3.48. The number of fused-ring (bicyclic) bond motifs is 3. The maximum atomic E-state index is 13.0. The summed E-state index contributed by atoms with van der Waals surface area (Å²) >= 11 is -0.263. The second kappa shape index (κ2) is 13.4. The molecule has 0 spiro atoms. The van der Waals surface area contributed by atoms with Crippen LogP contribution in [0, 0.1) is 17.9 Å². The zero-order valence-electron chi connectivity index (χ0n) is 24.1. The van der Waals surface area contributed by atoms with E-state index in [-0.39, 0.29) is 25.9 Å². The molecule has 1 radical (unpaired) electrons. The number of thiophene rings is 1. The van der Waals surface area contributed by atoms with Crippen LogP contribution in [0.2, 0.25) is 17.3 Å². The topological polar surface area (TPSA) is 25.8 Å². The molecule has 215 valence electrons. The van der Waals surface area contributed by atoms with Gasteiger partial charge in [0.15, 0.2) is 0 Å². The van der Waals surface area contributed by atoms with Crippen LogP contribution < -0.4 is 4.40 Å². The van der Waals surface area contributed by atoms with Gasteiger partial charge in [-0.05, 0) is 27.9 Å². The van der Waals surface area contributed by atoms with Gasteiger partial charge in [0, 0.05) is 24.8 Å². The van der Waals surface area contributed by atoms with E-state index in [4.69, 9.17) is 4.98 Å². The van der Waals surface area contributed by atoms with Crippen LogP contribution in [-0.4, -0.2) is 23.2 Å². The van der Waals surface area contributed by atoms with E-state index in [0.29, 0.717) is 0 Å². The Morgan fingerprint density at radius 2 is 1.44 bits per heavy atom. The third-order valence-electron chi connectivity index (χ3n) is 7.10. The Balaban J connectivity index is 0.000000168. The van der Waals surface area contributed by atoms with E-state index in [1.54, 1.807) is 17.4 Å². The van der Waals surface area contributed by atoms with Crippen LogP contribution >= 0.6 is 11.3 Å². The number of rotatable bonds is 4. The Labute approximate surface area is 272 Å². The number of nitrogens with zero attached hydrogens (tertiary/aromatic N) is 2. The molecule has 0 saturated carbocycles. The van der Waals surface area contributed by atoms with E-state index in [9.17, 15) is 4.39 Å². The number of aromatic nitrogens is 2. The summed E-state index contributed by atoms with van der Waals surface area (Å²) in [5.74, 6) is 6.92. The molecule has 43 heavy (non-hydrogen) atoms. The molecule has 6 heteroatoms. The average molecular weight is 818 g/mol. The van der Waals surface area contributed by atoms with Gasteiger partial charge in [0.25, 0.3) is 0 Å². The van der Waals surface area contributed by atoms with E-state index < -0.39 is 13.3 Å². The second-order valence-corrected chi connectivity index (χ2v) is 22.7. The van der Waals surface area contributed by atoms with Gasteiger partial charge in [-0.3, -0.25) is 0 Å². The van der Waals surface area contributed by atoms with Gasteiger partial charge in [0.1, 0.15) is 5.82 Å². The molecule has 0 fully saturated rings. The van der Waals surface area contributed by atoms with Crippen LogP contribution in [0.15, 0.2) is 122 Å². The number of hydrogen-bond donors (Lipinski definition) is 0. The molecule has 2 nitrogen and oxygen atoms in total. The molecule has 0 unspecified atom stereocenters. The monoisotopic (exact) mass is 819 g/mol. The van der Waals surface area contributed by atoms with Crippen molar-refractivity contribution in [3.8, 4) is 33.6 Å². The predicted molar refractivity (Wildman–Crippen MR) is 178 cm³/mol. The van der Waals surface area contributed by atoms with Crippen molar-refractivity contribution in [2.75, 3.05) is 0 Å². The number of halogens is 1. The fourth-order valence-electron chi connectivity index (χ4n) is 5.01. The smallest absolute Gasteiger partial charge is 0 e. The number of benzene rings is 4. The molecule has 0 aliphatic heterocycles. The summed E-state index contributed by atoms with van der Waals surface area (Å²) in [6, 6.07) is 42.8. The summed E-state index contributed by atoms with van der Waals surface area (Å²) in [4.78, 5) is 8.89. The van der Waals surface area contributed by atoms with Crippen LogP contribution in [0.5, 0.6) is 0 Å². The fraction of sp³-hybridized carbons (Fsp3) is 0.0811. The standard InChI is InChI=1S/C20H20GeN.C17H9FNS.Ir/c1-21(2,3)19-15-22-20(17-12-8-5-9-13-17)14-18(19)16-10-6-4-7-11-16;18-11-8-9-15(19-10-11)14-6-3-5-13-12-4-1-2-7-16(12)20-17(13)14;/h4-12,14-15H,1-3H3;1-5,7-10H;/q2*-1;. The maximum Gasteiger partial charge on any atom is 0 e. The fourth-order valence-corrected chi connectivity index (χ4v) is 9.32. The van der Waals surface area contributed by atoms with Gasteiger partial charge in [-0.2, -0.15) is 11.3 Å². The van der Waals surface area contributed by atoms with Crippen LogP contribution in [0.1, 0.15) is 0 Å². The Morgan fingerprint density at radius 1 is 0.698 bits per heavy atom. The van der Waals surface area contributed by atoms with Crippen molar-refractivity contribution in [3.63, 3.8) is 0 Å². The summed E-state index contributed by atoms with van der Waals surface area (Å²) in [5.41, 5.74) is 6.34. The van der Waals surface area contributed by atoms with E-state index in [1.807, 2.05) is 36.4 Å². The summed E-state index contributed by atoms with van der Waals surface area (Å²) in [6.07, 6.45) is 3.34. The van der Waals surface area contributed by atoms with Gasteiger partial charge in [0.05, 0.1) is 6.20 Å². The SMILES string of the molecule is Fc1ccc(-c2[c-]ccc3c2sc2ccccc23)nc1.[CH3][Ge]([CH3])([CH3])[c]1cnc(-c2[c-]cccc2)cc1-c1ccccc1.[Ir]. The van der Waals surface area contributed by atoms with Crippen LogP contribution in [0.4, 0.5) is 4.39 Å². The van der Waals surface area contributed by atoms with Crippen molar-refractivity contribution in [3.05, 3.63) is 140 Å². The molecule has 0 aliphatic rings. The molecule has 4 aromatic carbocycles. The first-order valence-corrected chi connectivity index (χ1v) is 22.0. The molecule has 0 bridgehead atoms. The Bertz CT molecular complexity index is 1970. The normalized spacial score (nSPS) is 11.1. The van der Waals surface area contributed by atoms with Gasteiger partial charge in [-0.25, -0.2) is 4.39 Å². The molecule has 7 rings (SSSR count). The van der Waals surface area contributed by atoms with Crippen molar-refractivity contribution >= 4 is 49.2 Å². The third-order valence-corrected chi connectivity index (χ3v) is 12.5.